The molecule has 25 heavy (non-hydrogen) atoms. The van der Waals surface area contributed by atoms with E-state index in [9.17, 15) is 4.79 Å². The Morgan fingerprint density at radius 3 is 2.28 bits per heavy atom. The topological polar surface area (TPSA) is 49.3 Å². The lowest BCUT2D eigenvalue weighted by molar-refractivity contribution is -0.126. The Morgan fingerprint density at radius 2 is 1.68 bits per heavy atom. The summed E-state index contributed by atoms with van der Waals surface area (Å²) in [6.07, 6.45) is 7.04. The number of amides is 1. The first-order valence-corrected chi connectivity index (χ1v) is 8.72. The van der Waals surface area contributed by atoms with Gasteiger partial charge in [0.2, 0.25) is 11.9 Å². The number of hydrogen-bond donors (Lipinski definition) is 0. The summed E-state index contributed by atoms with van der Waals surface area (Å²) >= 11 is 0. The highest BCUT2D eigenvalue weighted by atomic mass is 16.2. The number of rotatable bonds is 4. The van der Waals surface area contributed by atoms with Crippen LogP contribution in [0.25, 0.3) is 6.08 Å². The summed E-state index contributed by atoms with van der Waals surface area (Å²) in [5.74, 6) is 1.31. The van der Waals surface area contributed by atoms with E-state index in [1.54, 1.807) is 18.5 Å². The molecule has 2 heterocycles. The standard InChI is InChI=1S/C20H24N4O/c1-16(2)18-7-4-17(5-8-18)6-9-19(25)23-12-14-24(15-13-23)20-21-10-3-11-22-20/h3-11,16H,12-15H2,1-2H3/b9-6+. The first-order valence-electron chi connectivity index (χ1n) is 8.72. The lowest BCUT2D eigenvalue weighted by Gasteiger charge is -2.34. The number of carbonyl (C=O) groups is 1. The number of carbonyl (C=O) groups excluding carboxylic acids is 1. The van der Waals surface area contributed by atoms with Crippen LogP contribution >= 0.6 is 0 Å². The molecule has 1 fully saturated rings. The highest BCUT2D eigenvalue weighted by molar-refractivity contribution is 5.91. The molecule has 1 aromatic carbocycles. The molecular weight excluding hydrogens is 312 g/mol. The Morgan fingerprint density at radius 1 is 1.04 bits per heavy atom. The molecule has 1 aliphatic rings. The summed E-state index contributed by atoms with van der Waals surface area (Å²) in [4.78, 5) is 24.9. The summed E-state index contributed by atoms with van der Waals surface area (Å²) in [5.41, 5.74) is 2.36. The first-order chi connectivity index (χ1) is 12.1. The van der Waals surface area contributed by atoms with Crippen molar-refractivity contribution in [2.24, 2.45) is 0 Å². The molecular formula is C20H24N4O. The van der Waals surface area contributed by atoms with Crippen molar-refractivity contribution in [3.8, 4) is 0 Å². The third kappa shape index (κ3) is 4.44. The fourth-order valence-corrected chi connectivity index (χ4v) is 2.85. The lowest BCUT2D eigenvalue weighted by Crippen LogP contribution is -2.48. The van der Waals surface area contributed by atoms with Crippen LogP contribution in [0.15, 0.2) is 48.8 Å². The number of hydrogen-bond acceptors (Lipinski definition) is 4. The van der Waals surface area contributed by atoms with E-state index in [-0.39, 0.29) is 5.91 Å². The van der Waals surface area contributed by atoms with Gasteiger partial charge >= 0.3 is 0 Å². The van der Waals surface area contributed by atoms with Gasteiger partial charge in [0.05, 0.1) is 0 Å². The second kappa shape index (κ2) is 7.92. The van der Waals surface area contributed by atoms with Crippen LogP contribution in [0.3, 0.4) is 0 Å². The Bertz CT molecular complexity index is 717. The van der Waals surface area contributed by atoms with Gasteiger partial charge < -0.3 is 9.80 Å². The number of aromatic nitrogens is 2. The molecule has 0 aliphatic carbocycles. The zero-order valence-corrected chi connectivity index (χ0v) is 14.8. The zero-order valence-electron chi connectivity index (χ0n) is 14.8. The summed E-state index contributed by atoms with van der Waals surface area (Å²) in [5, 5.41) is 0. The predicted octanol–water partition coefficient (Wildman–Crippen LogP) is 2.96. The second-order valence-electron chi connectivity index (χ2n) is 6.52. The van der Waals surface area contributed by atoms with Crippen LogP contribution in [0.1, 0.15) is 30.9 Å². The van der Waals surface area contributed by atoms with Crippen LogP contribution in [0.5, 0.6) is 0 Å². The van der Waals surface area contributed by atoms with Crippen molar-refractivity contribution in [3.05, 3.63) is 59.9 Å². The monoisotopic (exact) mass is 336 g/mol. The molecule has 1 aliphatic heterocycles. The first kappa shape index (κ1) is 17.1. The van der Waals surface area contributed by atoms with Crippen LogP contribution in [0.2, 0.25) is 0 Å². The largest absolute Gasteiger partial charge is 0.337 e. The normalized spacial score (nSPS) is 15.2. The molecule has 0 N–H and O–H groups in total. The maximum absolute atomic E-state index is 12.4. The molecule has 1 aromatic heterocycles. The van der Waals surface area contributed by atoms with Crippen LogP contribution in [0, 0.1) is 0 Å². The average molecular weight is 336 g/mol. The van der Waals surface area contributed by atoms with Crippen LogP contribution < -0.4 is 4.90 Å². The maximum atomic E-state index is 12.4. The molecule has 0 unspecified atom stereocenters. The van der Waals surface area contributed by atoms with E-state index in [0.29, 0.717) is 19.0 Å². The van der Waals surface area contributed by atoms with E-state index in [0.717, 1.165) is 24.6 Å². The van der Waals surface area contributed by atoms with Gasteiger partial charge in [-0.05, 0) is 29.2 Å². The molecule has 0 saturated carbocycles. The van der Waals surface area contributed by atoms with E-state index in [4.69, 9.17) is 0 Å². The number of anilines is 1. The van der Waals surface area contributed by atoms with Gasteiger partial charge in [-0.25, -0.2) is 9.97 Å². The number of piperazine rings is 1. The molecule has 0 bridgehead atoms. The van der Waals surface area contributed by atoms with Crippen molar-refractivity contribution in [1.29, 1.82) is 0 Å². The third-order valence-electron chi connectivity index (χ3n) is 4.45. The summed E-state index contributed by atoms with van der Waals surface area (Å²) in [7, 11) is 0. The molecule has 2 aromatic rings. The minimum atomic E-state index is 0.0570. The van der Waals surface area contributed by atoms with Crippen molar-refractivity contribution < 1.29 is 4.79 Å². The second-order valence-corrected chi connectivity index (χ2v) is 6.52. The molecule has 0 atom stereocenters. The van der Waals surface area contributed by atoms with Gasteiger partial charge in [-0.15, -0.1) is 0 Å². The summed E-state index contributed by atoms with van der Waals surface area (Å²) in [6.45, 7) is 7.24. The molecule has 5 nitrogen and oxygen atoms in total. The van der Waals surface area contributed by atoms with Crippen LogP contribution in [0.4, 0.5) is 5.95 Å². The molecule has 0 radical (unpaired) electrons. The fraction of sp³-hybridized carbons (Fsp3) is 0.350. The van der Waals surface area contributed by atoms with Crippen molar-refractivity contribution in [2.75, 3.05) is 31.1 Å². The quantitative estimate of drug-likeness (QED) is 0.806. The van der Waals surface area contributed by atoms with Gasteiger partial charge in [-0.2, -0.15) is 0 Å². The van der Waals surface area contributed by atoms with E-state index < -0.39 is 0 Å². The molecule has 130 valence electrons. The van der Waals surface area contributed by atoms with E-state index >= 15 is 0 Å². The fourth-order valence-electron chi connectivity index (χ4n) is 2.85. The van der Waals surface area contributed by atoms with E-state index in [1.165, 1.54) is 5.56 Å². The van der Waals surface area contributed by atoms with Crippen LogP contribution in [-0.2, 0) is 4.79 Å². The SMILES string of the molecule is CC(C)c1ccc(/C=C/C(=O)N2CCN(c3ncccn3)CC2)cc1. The van der Waals surface area contributed by atoms with Gasteiger partial charge in [0.15, 0.2) is 0 Å². The van der Waals surface area contributed by atoms with Crippen molar-refractivity contribution in [1.82, 2.24) is 14.9 Å². The van der Waals surface area contributed by atoms with Gasteiger partial charge in [-0.3, -0.25) is 4.79 Å². The summed E-state index contributed by atoms with van der Waals surface area (Å²) in [6, 6.07) is 10.2. The minimum Gasteiger partial charge on any atom is -0.337 e. The van der Waals surface area contributed by atoms with Gasteiger partial charge in [-0.1, -0.05) is 38.1 Å². The Kier molecular flexibility index (Phi) is 5.43. The third-order valence-corrected chi connectivity index (χ3v) is 4.45. The van der Waals surface area contributed by atoms with Crippen LogP contribution in [-0.4, -0.2) is 47.0 Å². The van der Waals surface area contributed by atoms with Gasteiger partial charge in [0.25, 0.3) is 0 Å². The molecule has 1 amide bonds. The van der Waals surface area contributed by atoms with Crippen molar-refractivity contribution in [2.45, 2.75) is 19.8 Å². The molecule has 0 spiro atoms. The zero-order chi connectivity index (χ0) is 17.6. The molecule has 5 heteroatoms. The maximum Gasteiger partial charge on any atom is 0.246 e. The minimum absolute atomic E-state index is 0.0570. The smallest absolute Gasteiger partial charge is 0.246 e. The lowest BCUT2D eigenvalue weighted by atomic mass is 10.0. The average Bonchev–Trinajstić information content (AvgIpc) is 2.67. The predicted molar refractivity (Wildman–Crippen MR) is 100 cm³/mol. The van der Waals surface area contributed by atoms with Crippen molar-refractivity contribution in [3.63, 3.8) is 0 Å². The highest BCUT2D eigenvalue weighted by Crippen LogP contribution is 2.15. The van der Waals surface area contributed by atoms with E-state index in [1.807, 2.05) is 17.0 Å². The van der Waals surface area contributed by atoms with Crippen molar-refractivity contribution >= 4 is 17.9 Å². The Hall–Kier alpha value is -2.69. The number of benzene rings is 1. The molecule has 3 rings (SSSR count). The van der Waals surface area contributed by atoms with Gasteiger partial charge in [0.1, 0.15) is 0 Å². The Labute approximate surface area is 149 Å². The number of nitrogens with zero attached hydrogens (tertiary/aromatic N) is 4. The Balaban J connectivity index is 1.54. The summed E-state index contributed by atoms with van der Waals surface area (Å²) < 4.78 is 0. The highest BCUT2D eigenvalue weighted by Gasteiger charge is 2.20. The molecule has 1 saturated heterocycles. The van der Waals surface area contributed by atoms with E-state index in [2.05, 4.69) is 53.0 Å². The van der Waals surface area contributed by atoms with Gasteiger partial charge in [0, 0.05) is 44.6 Å².